The smallest absolute Gasteiger partial charge is 0.221 e. The maximum atomic E-state index is 11.3. The molecule has 1 heterocycles. The quantitative estimate of drug-likeness (QED) is 0.607. The van der Waals surface area contributed by atoms with Gasteiger partial charge in [0.2, 0.25) is 5.91 Å². The molecule has 0 saturated carbocycles. The van der Waals surface area contributed by atoms with Gasteiger partial charge in [-0.2, -0.15) is 0 Å². The summed E-state index contributed by atoms with van der Waals surface area (Å²) in [5.41, 5.74) is 10.6. The summed E-state index contributed by atoms with van der Waals surface area (Å²) in [5.74, 6) is -0.104. The molecule has 6 heteroatoms. The lowest BCUT2D eigenvalue weighted by Crippen LogP contribution is -2.67. The summed E-state index contributed by atoms with van der Waals surface area (Å²) in [7, 11) is 0. The normalized spacial score (nSPS) is 21.0. The van der Waals surface area contributed by atoms with Gasteiger partial charge in [-0.15, -0.1) is 0 Å². The molecule has 2 atom stereocenters. The molecule has 0 bridgehead atoms. The predicted octanol–water partition coefficient (Wildman–Crippen LogP) is 3.45. The molecule has 152 valence electrons. The second-order valence-corrected chi connectivity index (χ2v) is 7.53. The Morgan fingerprint density at radius 2 is 1.93 bits per heavy atom. The molecule has 0 fully saturated rings. The number of nitrogens with zero attached hydrogens (tertiary/aromatic N) is 1. The van der Waals surface area contributed by atoms with E-state index in [1.807, 2.05) is 55.5 Å². The third-order valence-electron chi connectivity index (χ3n) is 4.79. The minimum Gasteiger partial charge on any atom is -0.354 e. The Morgan fingerprint density at radius 1 is 1.17 bits per heavy atom. The second kappa shape index (κ2) is 8.92. The van der Waals surface area contributed by atoms with E-state index in [0.717, 1.165) is 34.8 Å². The molecule has 29 heavy (non-hydrogen) atoms. The van der Waals surface area contributed by atoms with Crippen molar-refractivity contribution < 1.29 is 4.79 Å². The number of aryl methyl sites for hydroxylation is 1. The highest BCUT2D eigenvalue weighted by molar-refractivity contribution is 5.95. The Morgan fingerprint density at radius 3 is 2.66 bits per heavy atom. The molecule has 0 aliphatic carbocycles. The first-order chi connectivity index (χ1) is 13.8. The number of benzene rings is 2. The SMILES string of the molecule is CC(=O)Nc1cccc(CCC2(N)NC(C)=CC(=N[C@@H](C)c3ccccc3)N2)c1. The van der Waals surface area contributed by atoms with Crippen molar-refractivity contribution in [1.29, 1.82) is 0 Å². The third kappa shape index (κ3) is 5.93. The number of nitrogens with one attached hydrogen (secondary N) is 3. The second-order valence-electron chi connectivity index (χ2n) is 7.53. The number of anilines is 1. The van der Waals surface area contributed by atoms with E-state index in [1.54, 1.807) is 0 Å². The van der Waals surface area contributed by atoms with Crippen LogP contribution in [0.5, 0.6) is 0 Å². The van der Waals surface area contributed by atoms with Crippen molar-refractivity contribution in [2.24, 2.45) is 10.7 Å². The first-order valence-electron chi connectivity index (χ1n) is 9.86. The molecular weight excluding hydrogens is 362 g/mol. The van der Waals surface area contributed by atoms with Crippen LogP contribution in [-0.2, 0) is 11.2 Å². The Balaban J connectivity index is 1.69. The molecule has 1 amide bonds. The molecule has 0 saturated heterocycles. The van der Waals surface area contributed by atoms with Crippen LogP contribution in [-0.4, -0.2) is 17.5 Å². The largest absolute Gasteiger partial charge is 0.354 e. The van der Waals surface area contributed by atoms with Gasteiger partial charge in [-0.1, -0.05) is 42.5 Å². The first kappa shape index (κ1) is 20.6. The van der Waals surface area contributed by atoms with E-state index in [-0.39, 0.29) is 11.9 Å². The van der Waals surface area contributed by atoms with Gasteiger partial charge in [0.05, 0.1) is 6.04 Å². The number of nitrogens with two attached hydrogens (primary N) is 1. The molecule has 3 rings (SSSR count). The monoisotopic (exact) mass is 391 g/mol. The summed E-state index contributed by atoms with van der Waals surface area (Å²) >= 11 is 0. The number of aliphatic imine (C=N–C) groups is 1. The number of carbonyl (C=O) groups excluding carboxylic acids is 1. The standard InChI is InChI=1S/C23H29N5O/c1-16-14-22(25-17(2)20-9-5-4-6-10-20)28-23(24,27-16)13-12-19-8-7-11-21(15-19)26-18(3)29/h4-11,14-15,17,27H,12-13,24H2,1-3H3,(H,25,28)(H,26,29)/t17-,23?/m0/s1. The first-order valence-corrected chi connectivity index (χ1v) is 9.86. The van der Waals surface area contributed by atoms with Crippen molar-refractivity contribution >= 4 is 17.4 Å². The molecular formula is C23H29N5O. The number of rotatable bonds is 6. The van der Waals surface area contributed by atoms with Gasteiger partial charge in [0.1, 0.15) is 5.84 Å². The average Bonchev–Trinajstić information content (AvgIpc) is 2.66. The van der Waals surface area contributed by atoms with Crippen LogP contribution in [0, 0.1) is 0 Å². The van der Waals surface area contributed by atoms with Crippen molar-refractivity contribution in [1.82, 2.24) is 10.6 Å². The molecule has 1 unspecified atom stereocenters. The number of hydrogen-bond acceptors (Lipinski definition) is 4. The predicted molar refractivity (Wildman–Crippen MR) is 118 cm³/mol. The number of allylic oxidation sites excluding steroid dienone is 1. The van der Waals surface area contributed by atoms with Gasteiger partial charge in [-0.3, -0.25) is 15.5 Å². The lowest BCUT2D eigenvalue weighted by atomic mass is 10.0. The van der Waals surface area contributed by atoms with E-state index in [4.69, 9.17) is 10.7 Å². The molecule has 2 aromatic rings. The topological polar surface area (TPSA) is 91.5 Å². The number of amides is 1. The Bertz CT molecular complexity index is 922. The van der Waals surface area contributed by atoms with Crippen LogP contribution in [0.1, 0.15) is 44.4 Å². The fraction of sp³-hybridized carbons (Fsp3) is 0.304. The summed E-state index contributed by atoms with van der Waals surface area (Å²) in [6.45, 7) is 5.56. The summed E-state index contributed by atoms with van der Waals surface area (Å²) in [4.78, 5) is 16.1. The van der Waals surface area contributed by atoms with Gasteiger partial charge >= 0.3 is 0 Å². The zero-order chi connectivity index (χ0) is 20.9. The fourth-order valence-electron chi connectivity index (χ4n) is 3.45. The van der Waals surface area contributed by atoms with Crippen LogP contribution in [0.15, 0.2) is 71.4 Å². The summed E-state index contributed by atoms with van der Waals surface area (Å²) in [5, 5.41) is 9.49. The minimum atomic E-state index is -0.794. The van der Waals surface area contributed by atoms with Gasteiger partial charge in [0.15, 0.2) is 5.79 Å². The summed E-state index contributed by atoms with van der Waals surface area (Å²) in [6, 6.07) is 18.0. The van der Waals surface area contributed by atoms with E-state index < -0.39 is 5.79 Å². The number of hydrogen-bond donors (Lipinski definition) is 4. The number of amidine groups is 1. The zero-order valence-electron chi connectivity index (χ0n) is 17.2. The maximum absolute atomic E-state index is 11.3. The highest BCUT2D eigenvalue weighted by Crippen LogP contribution is 2.19. The van der Waals surface area contributed by atoms with Gasteiger partial charge in [0, 0.05) is 24.7 Å². The van der Waals surface area contributed by atoms with Crippen molar-refractivity contribution in [3.8, 4) is 0 Å². The van der Waals surface area contributed by atoms with Crippen molar-refractivity contribution in [2.45, 2.75) is 45.4 Å². The molecule has 1 aliphatic heterocycles. The van der Waals surface area contributed by atoms with Crippen molar-refractivity contribution in [2.75, 3.05) is 5.32 Å². The maximum Gasteiger partial charge on any atom is 0.221 e. The van der Waals surface area contributed by atoms with Crippen LogP contribution in [0.4, 0.5) is 5.69 Å². The molecule has 0 aromatic heterocycles. The summed E-state index contributed by atoms with van der Waals surface area (Å²) in [6.07, 6.45) is 3.38. The minimum absolute atomic E-state index is 0.0273. The Kier molecular flexibility index (Phi) is 6.34. The van der Waals surface area contributed by atoms with Gasteiger partial charge < -0.3 is 16.0 Å². The van der Waals surface area contributed by atoms with E-state index in [9.17, 15) is 4.79 Å². The molecule has 6 nitrogen and oxygen atoms in total. The zero-order valence-corrected chi connectivity index (χ0v) is 17.2. The fourth-order valence-corrected chi connectivity index (χ4v) is 3.45. The average molecular weight is 392 g/mol. The number of carbonyl (C=O) groups is 1. The molecule has 5 N–H and O–H groups in total. The molecule has 0 radical (unpaired) electrons. The lowest BCUT2D eigenvalue weighted by Gasteiger charge is -2.37. The van der Waals surface area contributed by atoms with Gasteiger partial charge in [-0.25, -0.2) is 0 Å². The van der Waals surface area contributed by atoms with E-state index >= 15 is 0 Å². The highest BCUT2D eigenvalue weighted by atomic mass is 16.1. The Hall–Kier alpha value is -3.12. The van der Waals surface area contributed by atoms with Crippen LogP contribution in [0.25, 0.3) is 0 Å². The van der Waals surface area contributed by atoms with E-state index in [0.29, 0.717) is 6.42 Å². The van der Waals surface area contributed by atoms with E-state index in [2.05, 4.69) is 35.0 Å². The molecule has 2 aromatic carbocycles. The molecule has 0 spiro atoms. The lowest BCUT2D eigenvalue weighted by molar-refractivity contribution is -0.114. The van der Waals surface area contributed by atoms with Crippen LogP contribution in [0.2, 0.25) is 0 Å². The Labute approximate surface area is 172 Å². The van der Waals surface area contributed by atoms with Crippen LogP contribution in [0.3, 0.4) is 0 Å². The van der Waals surface area contributed by atoms with Crippen LogP contribution < -0.4 is 21.7 Å². The van der Waals surface area contributed by atoms with Crippen molar-refractivity contribution in [3.05, 3.63) is 77.5 Å². The highest BCUT2D eigenvalue weighted by Gasteiger charge is 2.29. The van der Waals surface area contributed by atoms with E-state index in [1.165, 1.54) is 6.92 Å². The summed E-state index contributed by atoms with van der Waals surface area (Å²) < 4.78 is 0. The van der Waals surface area contributed by atoms with Crippen LogP contribution >= 0.6 is 0 Å². The molecule has 1 aliphatic rings. The van der Waals surface area contributed by atoms with Gasteiger partial charge in [0.25, 0.3) is 0 Å². The third-order valence-corrected chi connectivity index (χ3v) is 4.79. The van der Waals surface area contributed by atoms with Crippen molar-refractivity contribution in [3.63, 3.8) is 0 Å². The van der Waals surface area contributed by atoms with Gasteiger partial charge in [-0.05, 0) is 49.6 Å².